The van der Waals surface area contributed by atoms with Crippen molar-refractivity contribution in [2.45, 2.75) is 10.9 Å². The maximum atomic E-state index is 12.9. The van der Waals surface area contributed by atoms with E-state index in [1.54, 1.807) is 30.3 Å². The predicted molar refractivity (Wildman–Crippen MR) is 109 cm³/mol. The van der Waals surface area contributed by atoms with Crippen LogP contribution in [0.3, 0.4) is 0 Å². The Balaban J connectivity index is 1.48. The molecule has 10 heteroatoms. The van der Waals surface area contributed by atoms with Crippen molar-refractivity contribution in [1.29, 1.82) is 0 Å². The Bertz CT molecular complexity index is 937. The number of benzene rings is 2. The summed E-state index contributed by atoms with van der Waals surface area (Å²) in [7, 11) is 0. The molecule has 0 fully saturated rings. The van der Waals surface area contributed by atoms with Crippen LogP contribution in [0.25, 0.3) is 0 Å². The molecule has 5 nitrogen and oxygen atoms in total. The van der Waals surface area contributed by atoms with Crippen molar-refractivity contribution in [3.05, 3.63) is 63.9 Å². The van der Waals surface area contributed by atoms with Crippen LogP contribution in [0.2, 0.25) is 10.0 Å². The van der Waals surface area contributed by atoms with E-state index < -0.39 is 0 Å². The van der Waals surface area contributed by atoms with Gasteiger partial charge in [-0.3, -0.25) is 4.79 Å². The summed E-state index contributed by atoms with van der Waals surface area (Å²) in [5.41, 5.74) is 1.40. The minimum Gasteiger partial charge on any atom is -0.356 e. The molecule has 1 aromatic heterocycles. The lowest BCUT2D eigenvalue weighted by Gasteiger charge is -2.06. The maximum Gasteiger partial charge on any atom is 0.234 e. The van der Waals surface area contributed by atoms with Crippen molar-refractivity contribution < 1.29 is 9.18 Å². The summed E-state index contributed by atoms with van der Waals surface area (Å²) in [5.74, 6) is -0.332. The minimum absolute atomic E-state index is 0.162. The first kappa shape index (κ1) is 19.9. The maximum absolute atomic E-state index is 12.9. The Morgan fingerprint density at radius 3 is 2.70 bits per heavy atom. The highest BCUT2D eigenvalue weighted by molar-refractivity contribution is 8.01. The molecule has 0 radical (unpaired) electrons. The Morgan fingerprint density at radius 1 is 1.15 bits per heavy atom. The molecule has 0 bridgehead atoms. The normalized spacial score (nSPS) is 10.6. The van der Waals surface area contributed by atoms with Crippen LogP contribution in [-0.2, 0) is 11.3 Å². The fraction of sp³-hybridized carbons (Fsp3) is 0.118. The first-order valence-electron chi connectivity index (χ1n) is 7.69. The van der Waals surface area contributed by atoms with Crippen molar-refractivity contribution in [2.24, 2.45) is 0 Å². The highest BCUT2D eigenvalue weighted by Crippen LogP contribution is 2.28. The second kappa shape index (κ2) is 9.36. The Hall–Kier alpha value is -1.87. The van der Waals surface area contributed by atoms with E-state index in [9.17, 15) is 9.18 Å². The summed E-state index contributed by atoms with van der Waals surface area (Å²) in [6.45, 7) is 0.507. The number of hydrogen-bond donors (Lipinski definition) is 2. The van der Waals surface area contributed by atoms with Gasteiger partial charge in [0.15, 0.2) is 4.34 Å². The van der Waals surface area contributed by atoms with Gasteiger partial charge < -0.3 is 10.6 Å². The van der Waals surface area contributed by atoms with Gasteiger partial charge >= 0.3 is 0 Å². The van der Waals surface area contributed by atoms with E-state index in [0.717, 1.165) is 5.56 Å². The molecule has 0 saturated carbocycles. The number of anilines is 2. The van der Waals surface area contributed by atoms with Crippen LogP contribution in [0.15, 0.2) is 46.8 Å². The van der Waals surface area contributed by atoms with E-state index in [4.69, 9.17) is 23.2 Å². The van der Waals surface area contributed by atoms with Crippen molar-refractivity contribution in [3.63, 3.8) is 0 Å². The molecule has 0 aliphatic heterocycles. The van der Waals surface area contributed by atoms with Crippen LogP contribution >= 0.6 is 46.3 Å². The zero-order chi connectivity index (χ0) is 19.2. The summed E-state index contributed by atoms with van der Waals surface area (Å²) in [4.78, 5) is 12.1. The number of nitrogens with zero attached hydrogens (tertiary/aromatic N) is 2. The van der Waals surface area contributed by atoms with Gasteiger partial charge in [0, 0.05) is 11.6 Å². The molecule has 3 rings (SSSR count). The Kier molecular flexibility index (Phi) is 6.89. The van der Waals surface area contributed by atoms with Gasteiger partial charge in [0.2, 0.25) is 11.0 Å². The molecule has 0 unspecified atom stereocenters. The number of nitrogens with one attached hydrogen (secondary N) is 2. The number of rotatable bonds is 7. The van der Waals surface area contributed by atoms with Crippen molar-refractivity contribution in [1.82, 2.24) is 10.2 Å². The standard InChI is InChI=1S/C17H13Cl2FN4OS2/c18-11-3-6-13(19)14(7-11)22-15(25)9-26-17-24-23-16(27-17)21-8-10-1-4-12(20)5-2-10/h1-7H,8-9H2,(H,21,23)(H,22,25). The second-order valence-corrected chi connectivity index (χ2v) is 8.36. The smallest absolute Gasteiger partial charge is 0.234 e. The Morgan fingerprint density at radius 2 is 1.93 bits per heavy atom. The van der Waals surface area contributed by atoms with Crippen molar-refractivity contribution >= 4 is 63.0 Å². The predicted octanol–water partition coefficient (Wildman–Crippen LogP) is 5.33. The number of aromatic nitrogens is 2. The first-order valence-corrected chi connectivity index (χ1v) is 10.2. The van der Waals surface area contributed by atoms with Gasteiger partial charge in [0.05, 0.1) is 16.5 Å². The molecular weight excluding hydrogens is 430 g/mol. The molecule has 1 heterocycles. The number of carbonyl (C=O) groups is 1. The molecule has 0 aliphatic carbocycles. The van der Waals surface area contributed by atoms with Crippen molar-refractivity contribution in [2.75, 3.05) is 16.4 Å². The van der Waals surface area contributed by atoms with Gasteiger partial charge in [-0.05, 0) is 35.9 Å². The van der Waals surface area contributed by atoms with Crippen molar-refractivity contribution in [3.8, 4) is 0 Å². The van der Waals surface area contributed by atoms with E-state index in [1.807, 2.05) is 0 Å². The van der Waals surface area contributed by atoms with E-state index in [1.165, 1.54) is 35.2 Å². The highest BCUT2D eigenvalue weighted by atomic mass is 35.5. The molecule has 0 saturated heterocycles. The summed E-state index contributed by atoms with van der Waals surface area (Å²) in [6, 6.07) is 11.1. The van der Waals surface area contributed by atoms with E-state index in [0.29, 0.717) is 31.7 Å². The molecule has 27 heavy (non-hydrogen) atoms. The fourth-order valence-electron chi connectivity index (χ4n) is 2.03. The van der Waals surface area contributed by atoms with Crippen LogP contribution in [0, 0.1) is 5.82 Å². The lowest BCUT2D eigenvalue weighted by molar-refractivity contribution is -0.113. The van der Waals surface area contributed by atoms with Gasteiger partial charge in [-0.15, -0.1) is 10.2 Å². The Labute approximate surface area is 173 Å². The monoisotopic (exact) mass is 442 g/mol. The molecule has 140 valence electrons. The number of hydrogen-bond acceptors (Lipinski definition) is 6. The SMILES string of the molecule is O=C(CSc1nnc(NCc2ccc(F)cc2)s1)Nc1cc(Cl)ccc1Cl. The summed E-state index contributed by atoms with van der Waals surface area (Å²) in [5, 5.41) is 15.4. The van der Waals surface area contributed by atoms with Crippen LogP contribution in [0.1, 0.15) is 5.56 Å². The number of amides is 1. The molecule has 2 aromatic carbocycles. The molecule has 3 aromatic rings. The first-order chi connectivity index (χ1) is 13.0. The molecular formula is C17H13Cl2FN4OS2. The zero-order valence-electron chi connectivity index (χ0n) is 13.7. The third-order valence-corrected chi connectivity index (χ3v) is 5.87. The van der Waals surface area contributed by atoms with E-state index in [-0.39, 0.29) is 17.5 Å². The van der Waals surface area contributed by atoms with Crippen LogP contribution in [0.4, 0.5) is 15.2 Å². The van der Waals surface area contributed by atoms with E-state index >= 15 is 0 Å². The third kappa shape index (κ3) is 6.07. The van der Waals surface area contributed by atoms with Gasteiger partial charge in [-0.2, -0.15) is 0 Å². The largest absolute Gasteiger partial charge is 0.356 e. The third-order valence-electron chi connectivity index (χ3n) is 3.29. The quantitative estimate of drug-likeness (QED) is 0.484. The second-order valence-electron chi connectivity index (χ2n) is 5.31. The number of thioether (sulfide) groups is 1. The summed E-state index contributed by atoms with van der Waals surface area (Å²) >= 11 is 14.5. The molecule has 1 amide bonds. The molecule has 0 spiro atoms. The zero-order valence-corrected chi connectivity index (χ0v) is 16.9. The van der Waals surface area contributed by atoms with E-state index in [2.05, 4.69) is 20.8 Å². The fourth-order valence-corrected chi connectivity index (χ4v) is 3.91. The van der Waals surface area contributed by atoms with Crippen LogP contribution in [0.5, 0.6) is 0 Å². The van der Waals surface area contributed by atoms with Gasteiger partial charge in [-0.1, -0.05) is 58.4 Å². The van der Waals surface area contributed by atoms with Crippen LogP contribution < -0.4 is 10.6 Å². The van der Waals surface area contributed by atoms with Gasteiger partial charge in [-0.25, -0.2) is 4.39 Å². The minimum atomic E-state index is -0.273. The molecule has 0 aliphatic rings. The average Bonchev–Trinajstić information content (AvgIpc) is 3.10. The molecule has 0 atom stereocenters. The molecule has 2 N–H and O–H groups in total. The summed E-state index contributed by atoms with van der Waals surface area (Å²) < 4.78 is 13.5. The van der Waals surface area contributed by atoms with Crippen LogP contribution in [-0.4, -0.2) is 21.9 Å². The number of halogens is 3. The highest BCUT2D eigenvalue weighted by Gasteiger charge is 2.10. The lowest BCUT2D eigenvalue weighted by Crippen LogP contribution is -2.14. The van der Waals surface area contributed by atoms with Gasteiger partial charge in [0.25, 0.3) is 0 Å². The summed E-state index contributed by atoms with van der Waals surface area (Å²) in [6.07, 6.45) is 0. The lowest BCUT2D eigenvalue weighted by atomic mass is 10.2. The van der Waals surface area contributed by atoms with Gasteiger partial charge in [0.1, 0.15) is 5.82 Å². The topological polar surface area (TPSA) is 66.9 Å². The average molecular weight is 443 g/mol. The number of carbonyl (C=O) groups excluding carboxylic acids is 1.